The monoisotopic (exact) mass is 413 g/mol. The highest BCUT2D eigenvalue weighted by Crippen LogP contribution is 2.16. The van der Waals surface area contributed by atoms with E-state index >= 15 is 0 Å². The summed E-state index contributed by atoms with van der Waals surface area (Å²) in [5.41, 5.74) is 0. The lowest BCUT2D eigenvalue weighted by atomic mass is 10.1. The molecule has 1 heterocycles. The number of carbonyl (C=O) groups is 2. The summed E-state index contributed by atoms with van der Waals surface area (Å²) >= 11 is 0. The van der Waals surface area contributed by atoms with Crippen molar-refractivity contribution in [2.24, 2.45) is 0 Å². The van der Waals surface area contributed by atoms with Crippen molar-refractivity contribution in [3.05, 3.63) is 0 Å². The van der Waals surface area contributed by atoms with Gasteiger partial charge in [-0.2, -0.15) is 5.06 Å². The second-order valence-corrected chi connectivity index (χ2v) is 8.23. The topological polar surface area (TPSA) is 76.1 Å². The Kier molecular flexibility index (Phi) is 15.8. The molecule has 1 aliphatic heterocycles. The van der Waals surface area contributed by atoms with Crippen LogP contribution in [-0.2, 0) is 19.2 Å². The smallest absolute Gasteiger partial charge is 0.306 e. The summed E-state index contributed by atoms with van der Waals surface area (Å²) in [5.74, 6) is -0.801. The van der Waals surface area contributed by atoms with Gasteiger partial charge < -0.3 is 9.84 Å². The van der Waals surface area contributed by atoms with Gasteiger partial charge in [0, 0.05) is 25.9 Å². The van der Waals surface area contributed by atoms with Gasteiger partial charge in [0.15, 0.2) is 0 Å². The third kappa shape index (κ3) is 15.4. The van der Waals surface area contributed by atoms with Crippen LogP contribution < -0.4 is 0 Å². The molecule has 0 radical (unpaired) electrons. The molecular formula is C23H43NO5. The number of unbranched alkanes of at least 4 members (excludes halogenated alkanes) is 10. The highest BCUT2D eigenvalue weighted by Gasteiger charge is 2.22. The van der Waals surface area contributed by atoms with E-state index in [0.29, 0.717) is 6.42 Å². The summed E-state index contributed by atoms with van der Waals surface area (Å²) in [6.07, 6.45) is 15.8. The van der Waals surface area contributed by atoms with Gasteiger partial charge in [0.25, 0.3) is 0 Å². The lowest BCUT2D eigenvalue weighted by Gasteiger charge is -2.30. The number of carbonyl (C=O) groups excluding carboxylic acids is 1. The Labute approximate surface area is 177 Å². The summed E-state index contributed by atoms with van der Waals surface area (Å²) < 4.78 is 5.61. The average molecular weight is 414 g/mol. The molecule has 0 aromatic heterocycles. The van der Waals surface area contributed by atoms with Crippen molar-refractivity contribution < 1.29 is 24.3 Å². The number of hydrogen-bond acceptors (Lipinski definition) is 5. The first-order chi connectivity index (χ1) is 14.1. The number of carboxylic acids is 1. The highest BCUT2D eigenvalue weighted by atomic mass is 16.7. The maximum Gasteiger partial charge on any atom is 0.306 e. The first kappa shape index (κ1) is 25.9. The Balaban J connectivity index is 1.92. The maximum absolute atomic E-state index is 12.0. The molecule has 0 unspecified atom stereocenters. The number of rotatable bonds is 18. The molecule has 0 aromatic rings. The predicted molar refractivity (Wildman–Crippen MR) is 115 cm³/mol. The molecule has 1 rings (SSSR count). The maximum atomic E-state index is 12.0. The Morgan fingerprint density at radius 2 is 1.38 bits per heavy atom. The van der Waals surface area contributed by atoms with Crippen LogP contribution in [0.25, 0.3) is 0 Å². The molecule has 1 fully saturated rings. The van der Waals surface area contributed by atoms with Crippen molar-refractivity contribution in [1.82, 2.24) is 5.06 Å². The second-order valence-electron chi connectivity index (χ2n) is 8.23. The van der Waals surface area contributed by atoms with Gasteiger partial charge in [-0.15, -0.1) is 0 Å². The van der Waals surface area contributed by atoms with E-state index in [2.05, 4.69) is 6.92 Å². The zero-order chi connectivity index (χ0) is 21.2. The van der Waals surface area contributed by atoms with Crippen LogP contribution in [0.1, 0.15) is 110 Å². The molecule has 0 saturated carbocycles. The van der Waals surface area contributed by atoms with Crippen molar-refractivity contribution in [2.75, 3.05) is 19.7 Å². The van der Waals surface area contributed by atoms with Crippen LogP contribution in [0.15, 0.2) is 0 Å². The largest absolute Gasteiger partial charge is 0.481 e. The molecule has 1 N–H and O–H groups in total. The van der Waals surface area contributed by atoms with Crippen LogP contribution in [0.3, 0.4) is 0 Å². The molecule has 6 heteroatoms. The molecular weight excluding hydrogens is 370 g/mol. The Morgan fingerprint density at radius 3 is 2.00 bits per heavy atom. The minimum Gasteiger partial charge on any atom is -0.481 e. The van der Waals surface area contributed by atoms with Gasteiger partial charge in [0.1, 0.15) is 6.10 Å². The molecule has 0 atom stereocenters. The second kappa shape index (κ2) is 17.7. The highest BCUT2D eigenvalue weighted by molar-refractivity contribution is 5.69. The number of hydroxylamine groups is 2. The number of ether oxygens (including phenoxy) is 1. The molecule has 29 heavy (non-hydrogen) atoms. The van der Waals surface area contributed by atoms with Crippen LogP contribution >= 0.6 is 0 Å². The van der Waals surface area contributed by atoms with Crippen molar-refractivity contribution in [3.63, 3.8) is 0 Å². The Morgan fingerprint density at radius 1 is 0.828 bits per heavy atom. The predicted octanol–water partition coefficient (Wildman–Crippen LogP) is 5.49. The normalized spacial score (nSPS) is 15.5. The van der Waals surface area contributed by atoms with Gasteiger partial charge >= 0.3 is 11.9 Å². The number of esters is 1. The van der Waals surface area contributed by atoms with Gasteiger partial charge in [0.05, 0.1) is 6.61 Å². The van der Waals surface area contributed by atoms with Crippen molar-refractivity contribution in [2.45, 2.75) is 116 Å². The molecule has 0 aromatic carbocycles. The quantitative estimate of drug-likeness (QED) is 0.236. The van der Waals surface area contributed by atoms with Gasteiger partial charge in [-0.1, -0.05) is 64.7 Å². The third-order valence-electron chi connectivity index (χ3n) is 5.49. The fourth-order valence-corrected chi connectivity index (χ4v) is 3.65. The molecule has 0 aliphatic carbocycles. The minimum atomic E-state index is -0.719. The molecule has 6 nitrogen and oxygen atoms in total. The minimum absolute atomic E-state index is 0.0346. The first-order valence-electron chi connectivity index (χ1n) is 11.9. The molecule has 0 bridgehead atoms. The molecule has 1 aliphatic rings. The zero-order valence-corrected chi connectivity index (χ0v) is 18.5. The van der Waals surface area contributed by atoms with Crippen LogP contribution in [0.2, 0.25) is 0 Å². The fraction of sp³-hybridized carbons (Fsp3) is 0.913. The van der Waals surface area contributed by atoms with Crippen molar-refractivity contribution in [1.29, 1.82) is 0 Å². The van der Waals surface area contributed by atoms with Gasteiger partial charge in [-0.05, 0) is 32.1 Å². The number of carboxylic acid groups (broad SMARTS) is 1. The summed E-state index contributed by atoms with van der Waals surface area (Å²) in [4.78, 5) is 28.3. The standard InChI is InChI=1S/C23H43NO5/c1-2-3-4-5-10-13-20-28-24-18-16-21(17-19-24)29-23(27)15-12-9-7-6-8-11-14-22(25)26/h21H,2-20H2,1H3,(H,25,26). The van der Waals surface area contributed by atoms with Crippen molar-refractivity contribution in [3.8, 4) is 0 Å². The van der Waals surface area contributed by atoms with Crippen LogP contribution in [0.4, 0.5) is 0 Å². The Bertz CT molecular complexity index is 421. The van der Waals surface area contributed by atoms with E-state index in [0.717, 1.165) is 77.5 Å². The lowest BCUT2D eigenvalue weighted by Crippen LogP contribution is -2.38. The van der Waals surface area contributed by atoms with E-state index in [1.165, 1.54) is 32.1 Å². The van der Waals surface area contributed by atoms with Gasteiger partial charge in [-0.3, -0.25) is 14.4 Å². The third-order valence-corrected chi connectivity index (χ3v) is 5.49. The summed E-state index contributed by atoms with van der Waals surface area (Å²) in [7, 11) is 0. The van der Waals surface area contributed by atoms with Crippen LogP contribution in [0.5, 0.6) is 0 Å². The molecule has 0 spiro atoms. The molecule has 1 saturated heterocycles. The van der Waals surface area contributed by atoms with Gasteiger partial charge in [0.2, 0.25) is 0 Å². The first-order valence-corrected chi connectivity index (χ1v) is 11.9. The van der Waals surface area contributed by atoms with Gasteiger partial charge in [-0.25, -0.2) is 0 Å². The van der Waals surface area contributed by atoms with E-state index < -0.39 is 5.97 Å². The van der Waals surface area contributed by atoms with E-state index in [1.807, 2.05) is 5.06 Å². The van der Waals surface area contributed by atoms with E-state index in [1.54, 1.807) is 0 Å². The number of nitrogens with zero attached hydrogens (tertiary/aromatic N) is 1. The molecule has 170 valence electrons. The van der Waals surface area contributed by atoms with E-state index in [9.17, 15) is 9.59 Å². The van der Waals surface area contributed by atoms with Crippen LogP contribution in [-0.4, -0.2) is 47.9 Å². The number of hydrogen-bond donors (Lipinski definition) is 1. The van der Waals surface area contributed by atoms with E-state index in [4.69, 9.17) is 14.7 Å². The summed E-state index contributed by atoms with van der Waals surface area (Å²) in [6, 6.07) is 0. The summed E-state index contributed by atoms with van der Waals surface area (Å²) in [6.45, 7) is 4.71. The van der Waals surface area contributed by atoms with Crippen LogP contribution in [0, 0.1) is 0 Å². The number of aliphatic carboxylic acids is 1. The lowest BCUT2D eigenvalue weighted by molar-refractivity contribution is -0.187. The average Bonchev–Trinajstić information content (AvgIpc) is 2.70. The Hall–Kier alpha value is -1.14. The van der Waals surface area contributed by atoms with Crippen molar-refractivity contribution >= 4 is 11.9 Å². The molecule has 0 amide bonds. The zero-order valence-electron chi connectivity index (χ0n) is 18.5. The number of piperidine rings is 1. The fourth-order valence-electron chi connectivity index (χ4n) is 3.65. The van der Waals surface area contributed by atoms with E-state index in [-0.39, 0.29) is 18.5 Å². The summed E-state index contributed by atoms with van der Waals surface area (Å²) in [5, 5.41) is 10.6. The SMILES string of the molecule is CCCCCCCCON1CCC(OC(=O)CCCCCCCCC(=O)O)CC1.